The van der Waals surface area contributed by atoms with Crippen molar-refractivity contribution in [2.24, 2.45) is 0 Å². The van der Waals surface area contributed by atoms with Gasteiger partial charge in [-0.15, -0.1) is 0 Å². The molecule has 2 atom stereocenters. The molecule has 0 saturated carbocycles. The number of hydrogen-bond acceptors (Lipinski definition) is 4. The van der Waals surface area contributed by atoms with Gasteiger partial charge in [0.05, 0.1) is 18.3 Å². The Bertz CT molecular complexity index is 514. The lowest BCUT2D eigenvalue weighted by atomic mass is 10.0. The van der Waals surface area contributed by atoms with Crippen molar-refractivity contribution in [1.82, 2.24) is 10.2 Å². The van der Waals surface area contributed by atoms with Crippen LogP contribution in [0.5, 0.6) is 0 Å². The molecular formula is C14H16FN3O. The molecule has 0 aromatic heterocycles. The van der Waals surface area contributed by atoms with Crippen LogP contribution in [0.2, 0.25) is 0 Å². The average Bonchev–Trinajstić information content (AvgIpc) is 2.47. The highest BCUT2D eigenvalue weighted by atomic mass is 19.1. The smallest absolute Gasteiger partial charge is 0.140 e. The first-order valence-corrected chi connectivity index (χ1v) is 6.54. The van der Waals surface area contributed by atoms with Crippen molar-refractivity contribution in [2.45, 2.75) is 12.1 Å². The molecule has 1 N–H and O–H groups in total. The second-order valence-corrected chi connectivity index (χ2v) is 5.03. The number of nitrogens with one attached hydrogen (secondary N) is 1. The van der Waals surface area contributed by atoms with E-state index in [2.05, 4.69) is 10.2 Å². The molecule has 0 aliphatic carbocycles. The van der Waals surface area contributed by atoms with Gasteiger partial charge in [-0.05, 0) is 17.7 Å². The van der Waals surface area contributed by atoms with Gasteiger partial charge in [0.15, 0.2) is 0 Å². The van der Waals surface area contributed by atoms with E-state index in [1.54, 1.807) is 12.1 Å². The molecule has 0 radical (unpaired) electrons. The zero-order valence-electron chi connectivity index (χ0n) is 10.6. The van der Waals surface area contributed by atoms with Crippen LogP contribution in [-0.2, 0) is 4.74 Å². The number of fused-ring (bicyclic) bond motifs is 1. The molecule has 2 fully saturated rings. The van der Waals surface area contributed by atoms with Crippen molar-refractivity contribution in [3.8, 4) is 6.07 Å². The van der Waals surface area contributed by atoms with Crippen molar-refractivity contribution in [3.63, 3.8) is 0 Å². The van der Waals surface area contributed by atoms with Crippen LogP contribution in [0.1, 0.15) is 17.2 Å². The molecule has 2 heterocycles. The molecule has 0 spiro atoms. The van der Waals surface area contributed by atoms with Crippen LogP contribution in [0.25, 0.3) is 0 Å². The molecule has 5 heteroatoms. The lowest BCUT2D eigenvalue weighted by Crippen LogP contribution is -2.57. The minimum atomic E-state index is -0.470. The van der Waals surface area contributed by atoms with E-state index in [1.165, 1.54) is 6.07 Å². The summed E-state index contributed by atoms with van der Waals surface area (Å²) in [6.07, 6.45) is -0.0675. The van der Waals surface area contributed by atoms with Gasteiger partial charge in [0.25, 0.3) is 0 Å². The molecule has 100 valence electrons. The van der Waals surface area contributed by atoms with Gasteiger partial charge in [0, 0.05) is 32.2 Å². The largest absolute Gasteiger partial charge is 0.371 e. The van der Waals surface area contributed by atoms with Crippen molar-refractivity contribution in [2.75, 3.05) is 32.8 Å². The number of rotatable bonds is 1. The molecule has 2 aliphatic heterocycles. The fourth-order valence-electron chi connectivity index (χ4n) is 2.73. The van der Waals surface area contributed by atoms with Gasteiger partial charge in [-0.2, -0.15) is 5.26 Å². The third kappa shape index (κ3) is 2.47. The van der Waals surface area contributed by atoms with Crippen LogP contribution in [0.4, 0.5) is 4.39 Å². The van der Waals surface area contributed by atoms with Crippen molar-refractivity contribution in [1.29, 1.82) is 5.26 Å². The van der Waals surface area contributed by atoms with Crippen LogP contribution in [0.3, 0.4) is 0 Å². The lowest BCUT2D eigenvalue weighted by Gasteiger charge is -2.42. The normalized spacial score (nSPS) is 27.6. The van der Waals surface area contributed by atoms with E-state index in [4.69, 9.17) is 10.00 Å². The van der Waals surface area contributed by atoms with Crippen molar-refractivity contribution in [3.05, 3.63) is 35.1 Å². The quantitative estimate of drug-likeness (QED) is 0.820. The van der Waals surface area contributed by atoms with Gasteiger partial charge in [-0.3, -0.25) is 4.90 Å². The number of benzene rings is 1. The highest BCUT2D eigenvalue weighted by molar-refractivity contribution is 5.35. The van der Waals surface area contributed by atoms with Crippen LogP contribution >= 0.6 is 0 Å². The maximum atomic E-state index is 13.3. The second kappa shape index (κ2) is 5.25. The number of halogens is 1. The van der Waals surface area contributed by atoms with Gasteiger partial charge in [-0.1, -0.05) is 6.07 Å². The van der Waals surface area contributed by atoms with E-state index >= 15 is 0 Å². The number of nitrogens with zero attached hydrogens (tertiary/aromatic N) is 2. The molecule has 0 bridgehead atoms. The highest BCUT2D eigenvalue weighted by Gasteiger charge is 2.31. The van der Waals surface area contributed by atoms with Gasteiger partial charge in [0.1, 0.15) is 11.9 Å². The Balaban J connectivity index is 1.78. The summed E-state index contributed by atoms with van der Waals surface area (Å²) in [5.74, 6) is -0.470. The van der Waals surface area contributed by atoms with Gasteiger partial charge in [-0.25, -0.2) is 4.39 Å². The fourth-order valence-corrected chi connectivity index (χ4v) is 2.73. The predicted octanol–water partition coefficient (Wildman–Crippen LogP) is 1.04. The topological polar surface area (TPSA) is 48.3 Å². The van der Waals surface area contributed by atoms with Crippen LogP contribution in [0, 0.1) is 17.1 Å². The van der Waals surface area contributed by atoms with E-state index in [9.17, 15) is 4.39 Å². The number of nitriles is 1. The SMILES string of the molecule is N#Cc1cc([C@H]2CN3CCNC[C@@H]3CO2)ccc1F. The summed E-state index contributed by atoms with van der Waals surface area (Å²) in [7, 11) is 0. The second-order valence-electron chi connectivity index (χ2n) is 5.03. The minimum absolute atomic E-state index is 0.0675. The summed E-state index contributed by atoms with van der Waals surface area (Å²) >= 11 is 0. The summed E-state index contributed by atoms with van der Waals surface area (Å²) in [5.41, 5.74) is 0.971. The van der Waals surface area contributed by atoms with E-state index < -0.39 is 5.82 Å². The average molecular weight is 261 g/mol. The van der Waals surface area contributed by atoms with Gasteiger partial charge >= 0.3 is 0 Å². The monoisotopic (exact) mass is 261 g/mol. The zero-order valence-corrected chi connectivity index (χ0v) is 10.6. The summed E-state index contributed by atoms with van der Waals surface area (Å²) in [5, 5.41) is 12.2. The molecule has 2 aliphatic rings. The Morgan fingerprint density at radius 2 is 2.37 bits per heavy atom. The van der Waals surface area contributed by atoms with Crippen LogP contribution in [-0.4, -0.2) is 43.7 Å². The minimum Gasteiger partial charge on any atom is -0.371 e. The Morgan fingerprint density at radius 1 is 1.47 bits per heavy atom. The first-order chi connectivity index (χ1) is 9.28. The molecule has 0 amide bonds. The fraction of sp³-hybridized carbons (Fsp3) is 0.500. The summed E-state index contributed by atoms with van der Waals surface area (Å²) in [6.45, 7) is 4.45. The Hall–Kier alpha value is -1.48. The van der Waals surface area contributed by atoms with E-state index in [1.807, 2.05) is 6.07 Å². The Morgan fingerprint density at radius 3 is 3.21 bits per heavy atom. The molecule has 4 nitrogen and oxygen atoms in total. The maximum Gasteiger partial charge on any atom is 0.140 e. The first-order valence-electron chi connectivity index (χ1n) is 6.54. The molecule has 19 heavy (non-hydrogen) atoms. The van der Waals surface area contributed by atoms with E-state index in [-0.39, 0.29) is 11.7 Å². The van der Waals surface area contributed by atoms with Crippen molar-refractivity contribution < 1.29 is 9.13 Å². The first kappa shape index (κ1) is 12.5. The van der Waals surface area contributed by atoms with E-state index in [0.29, 0.717) is 12.6 Å². The van der Waals surface area contributed by atoms with Gasteiger partial charge < -0.3 is 10.1 Å². The molecule has 2 saturated heterocycles. The van der Waals surface area contributed by atoms with Gasteiger partial charge in [0.2, 0.25) is 0 Å². The third-order valence-electron chi connectivity index (χ3n) is 3.84. The summed E-state index contributed by atoms with van der Waals surface area (Å²) in [4.78, 5) is 2.40. The molecular weight excluding hydrogens is 245 g/mol. The molecule has 0 unspecified atom stereocenters. The maximum absolute atomic E-state index is 13.3. The number of hydrogen-bond donors (Lipinski definition) is 1. The zero-order chi connectivity index (χ0) is 13.2. The van der Waals surface area contributed by atoms with Crippen LogP contribution in [0.15, 0.2) is 18.2 Å². The number of morpholine rings is 1. The van der Waals surface area contributed by atoms with E-state index in [0.717, 1.165) is 31.7 Å². The Labute approximate surface area is 111 Å². The summed E-state index contributed by atoms with van der Waals surface area (Å²) in [6, 6.07) is 6.97. The molecule has 1 aromatic rings. The number of ether oxygens (including phenoxy) is 1. The van der Waals surface area contributed by atoms with Crippen LogP contribution < -0.4 is 5.32 Å². The number of piperazine rings is 1. The van der Waals surface area contributed by atoms with Crippen molar-refractivity contribution >= 4 is 0 Å². The molecule has 3 rings (SSSR count). The molecule has 1 aromatic carbocycles. The summed E-state index contributed by atoms with van der Waals surface area (Å²) < 4.78 is 19.2. The Kier molecular flexibility index (Phi) is 3.47. The predicted molar refractivity (Wildman–Crippen MR) is 68.0 cm³/mol. The third-order valence-corrected chi connectivity index (χ3v) is 3.84. The highest BCUT2D eigenvalue weighted by Crippen LogP contribution is 2.26. The standard InChI is InChI=1S/C14H16FN3O/c15-13-2-1-10(5-11(13)6-16)14-8-18-4-3-17-7-12(18)9-19-14/h1-2,5,12,14,17H,3-4,7-9H2/t12-,14-/m1/s1. The lowest BCUT2D eigenvalue weighted by molar-refractivity contribution is -0.0718.